The van der Waals surface area contributed by atoms with Crippen molar-refractivity contribution in [3.8, 4) is 28.3 Å². The van der Waals surface area contributed by atoms with Gasteiger partial charge < -0.3 is 25.2 Å². The van der Waals surface area contributed by atoms with Gasteiger partial charge in [-0.15, -0.1) is 0 Å². The summed E-state index contributed by atoms with van der Waals surface area (Å²) in [6.07, 6.45) is 1.22. The number of carboxylic acids is 1. The van der Waals surface area contributed by atoms with Crippen molar-refractivity contribution in [3.63, 3.8) is 0 Å². The molecule has 1 aromatic heterocycles. The van der Waals surface area contributed by atoms with Gasteiger partial charge in [-0.3, -0.25) is 4.79 Å². The Labute approximate surface area is 254 Å². The minimum Gasteiger partial charge on any atom is -0.480 e. The van der Waals surface area contributed by atoms with Crippen molar-refractivity contribution in [2.45, 2.75) is 71.9 Å². The number of nitrogens with one attached hydrogen (secondary N) is 2. The average molecular weight is 590 g/mol. The monoisotopic (exact) mass is 589 g/mol. The maximum atomic E-state index is 12.5. The summed E-state index contributed by atoms with van der Waals surface area (Å²) >= 11 is 0. The number of carbonyl (C=O) groups is 3. The van der Waals surface area contributed by atoms with Crippen molar-refractivity contribution in [2.24, 2.45) is 5.41 Å². The van der Waals surface area contributed by atoms with E-state index in [9.17, 15) is 19.5 Å². The van der Waals surface area contributed by atoms with E-state index in [1.165, 1.54) is 0 Å². The van der Waals surface area contributed by atoms with Crippen LogP contribution in [0.4, 0.5) is 4.79 Å². The summed E-state index contributed by atoms with van der Waals surface area (Å²) in [5.74, 6) is -1.20. The van der Waals surface area contributed by atoms with E-state index in [0.29, 0.717) is 19.0 Å². The van der Waals surface area contributed by atoms with Gasteiger partial charge in [0.15, 0.2) is 0 Å². The lowest BCUT2D eigenvalue weighted by Gasteiger charge is -2.26. The summed E-state index contributed by atoms with van der Waals surface area (Å²) in [4.78, 5) is 40.7. The normalized spacial score (nSPS) is 12.2. The third-order valence-corrected chi connectivity index (χ3v) is 6.62. The van der Waals surface area contributed by atoms with Crippen molar-refractivity contribution in [2.75, 3.05) is 13.2 Å². The molecule has 0 saturated heterocycles. The van der Waals surface area contributed by atoms with E-state index in [1.54, 1.807) is 20.8 Å². The molecule has 0 fully saturated rings. The van der Waals surface area contributed by atoms with Crippen LogP contribution in [0.15, 0.2) is 72.8 Å². The van der Waals surface area contributed by atoms with E-state index in [1.807, 2.05) is 68.4 Å². The highest BCUT2D eigenvalue weighted by Crippen LogP contribution is 2.29. The number of nitrogens with zero attached hydrogens (tertiary/aromatic N) is 1. The molecular formula is C34H43N3O6. The van der Waals surface area contributed by atoms with Crippen LogP contribution in [-0.4, -0.2) is 52.9 Å². The second-order valence-electron chi connectivity index (χ2n) is 12.3. The van der Waals surface area contributed by atoms with E-state index in [2.05, 4.69) is 28.8 Å². The quantitative estimate of drug-likeness (QED) is 0.184. The highest BCUT2D eigenvalue weighted by atomic mass is 16.6. The number of aliphatic carboxylic acids is 1. The molecule has 9 nitrogen and oxygen atoms in total. The number of amides is 2. The molecule has 9 heteroatoms. The van der Waals surface area contributed by atoms with Crippen molar-refractivity contribution >= 4 is 18.0 Å². The van der Waals surface area contributed by atoms with Gasteiger partial charge >= 0.3 is 12.1 Å². The number of unbranched alkanes of at least 4 members (excludes halogenated alkanes) is 1. The average Bonchev–Trinajstić information content (AvgIpc) is 2.95. The van der Waals surface area contributed by atoms with Crippen LogP contribution in [0.3, 0.4) is 0 Å². The lowest BCUT2D eigenvalue weighted by Crippen LogP contribution is -2.46. The number of hydrogen-bond acceptors (Lipinski definition) is 6. The van der Waals surface area contributed by atoms with E-state index in [4.69, 9.17) is 14.5 Å². The fraction of sp³-hybridized carbons (Fsp3) is 0.412. The minimum absolute atomic E-state index is 0.223. The van der Waals surface area contributed by atoms with E-state index < -0.39 is 36.0 Å². The molecule has 1 heterocycles. The molecule has 3 aromatic rings. The summed E-state index contributed by atoms with van der Waals surface area (Å²) in [6.45, 7) is 9.96. The molecule has 0 aliphatic rings. The summed E-state index contributed by atoms with van der Waals surface area (Å²) in [6, 6.07) is 22.8. The van der Waals surface area contributed by atoms with Gasteiger partial charge in [0.25, 0.3) is 0 Å². The first-order valence-electron chi connectivity index (χ1n) is 14.6. The molecule has 0 aliphatic carbocycles. The van der Waals surface area contributed by atoms with Crippen LogP contribution in [0.5, 0.6) is 5.88 Å². The highest BCUT2D eigenvalue weighted by molar-refractivity contribution is 5.87. The second-order valence-corrected chi connectivity index (χ2v) is 12.3. The number of pyridine rings is 1. The third kappa shape index (κ3) is 11.8. The number of benzene rings is 2. The van der Waals surface area contributed by atoms with Gasteiger partial charge in [-0.05, 0) is 62.6 Å². The molecule has 43 heavy (non-hydrogen) atoms. The number of aromatic nitrogens is 1. The van der Waals surface area contributed by atoms with E-state index in [0.717, 1.165) is 41.6 Å². The first-order chi connectivity index (χ1) is 20.3. The number of carbonyl (C=O) groups excluding carboxylic acids is 2. The van der Waals surface area contributed by atoms with Gasteiger partial charge in [0.1, 0.15) is 11.6 Å². The van der Waals surface area contributed by atoms with Crippen LogP contribution in [0, 0.1) is 5.41 Å². The lowest BCUT2D eigenvalue weighted by atomic mass is 9.87. The molecular weight excluding hydrogens is 546 g/mol. The maximum Gasteiger partial charge on any atom is 0.408 e. The summed E-state index contributed by atoms with van der Waals surface area (Å²) in [7, 11) is 0. The Morgan fingerprint density at radius 3 is 2.09 bits per heavy atom. The van der Waals surface area contributed by atoms with Crippen LogP contribution in [-0.2, 0) is 14.3 Å². The molecule has 3 rings (SSSR count). The Kier molecular flexibility index (Phi) is 11.7. The van der Waals surface area contributed by atoms with Crippen LogP contribution >= 0.6 is 0 Å². The zero-order chi connectivity index (χ0) is 31.5. The Balaban J connectivity index is 1.48. The van der Waals surface area contributed by atoms with E-state index >= 15 is 0 Å². The van der Waals surface area contributed by atoms with Crippen LogP contribution in [0.1, 0.15) is 60.3 Å². The van der Waals surface area contributed by atoms with Crippen molar-refractivity contribution in [1.29, 1.82) is 0 Å². The molecule has 230 valence electrons. The largest absolute Gasteiger partial charge is 0.480 e. The summed E-state index contributed by atoms with van der Waals surface area (Å²) in [5.41, 5.74) is 2.99. The number of hydrogen-bond donors (Lipinski definition) is 3. The summed E-state index contributed by atoms with van der Waals surface area (Å²) < 4.78 is 11.2. The van der Waals surface area contributed by atoms with Gasteiger partial charge in [0.2, 0.25) is 11.8 Å². The Morgan fingerprint density at radius 2 is 1.49 bits per heavy atom. The zero-order valence-electron chi connectivity index (χ0n) is 25.7. The number of alkyl carbamates (subject to hydrolysis) is 1. The molecule has 3 N–H and O–H groups in total. The zero-order valence-corrected chi connectivity index (χ0v) is 25.7. The van der Waals surface area contributed by atoms with Gasteiger partial charge in [0.05, 0.1) is 18.7 Å². The molecule has 0 bridgehead atoms. The number of carboxylic acid groups (broad SMARTS) is 1. The fourth-order valence-electron chi connectivity index (χ4n) is 4.35. The smallest absolute Gasteiger partial charge is 0.408 e. The van der Waals surface area contributed by atoms with Crippen molar-refractivity contribution < 1.29 is 29.0 Å². The molecule has 0 aliphatic heterocycles. The first kappa shape index (κ1) is 33.1. The van der Waals surface area contributed by atoms with E-state index in [-0.39, 0.29) is 5.41 Å². The van der Waals surface area contributed by atoms with Crippen molar-refractivity contribution in [1.82, 2.24) is 15.6 Å². The molecule has 0 spiro atoms. The molecule has 0 radical (unpaired) electrons. The van der Waals surface area contributed by atoms with Crippen LogP contribution < -0.4 is 15.4 Å². The standard InChI is InChI=1S/C34H43N3O6/c1-33(2,3)43-32(41)37-28(31(39)40)22-29(38)35-23-34(4,5)18-12-13-19-42-30-21-26(24-14-8-6-9-15-24)20-27(36-30)25-16-10-7-11-17-25/h6-11,14-17,20-21,28H,12-13,18-19,22-23H2,1-5H3,(H,35,38)(H,37,41)(H,39,40). The van der Waals surface area contributed by atoms with Crippen LogP contribution in [0.2, 0.25) is 0 Å². The van der Waals surface area contributed by atoms with Gasteiger partial charge in [-0.1, -0.05) is 74.5 Å². The Hall–Kier alpha value is -4.40. The predicted molar refractivity (Wildman–Crippen MR) is 167 cm³/mol. The van der Waals surface area contributed by atoms with Crippen LogP contribution in [0.25, 0.3) is 22.4 Å². The molecule has 2 amide bonds. The van der Waals surface area contributed by atoms with Gasteiger partial charge in [0, 0.05) is 18.2 Å². The van der Waals surface area contributed by atoms with Gasteiger partial charge in [-0.25, -0.2) is 14.6 Å². The number of ether oxygens (including phenoxy) is 2. The molecule has 1 unspecified atom stereocenters. The SMILES string of the molecule is CC(C)(CCCCOc1cc(-c2ccccc2)cc(-c2ccccc2)n1)CNC(=O)CC(NC(=O)OC(C)(C)C)C(=O)O. The predicted octanol–water partition coefficient (Wildman–Crippen LogP) is 6.48. The maximum absolute atomic E-state index is 12.5. The Bertz CT molecular complexity index is 1300. The minimum atomic E-state index is -1.38. The topological polar surface area (TPSA) is 127 Å². The summed E-state index contributed by atoms with van der Waals surface area (Å²) in [5, 5.41) is 14.5. The molecule has 2 aromatic carbocycles. The lowest BCUT2D eigenvalue weighted by molar-refractivity contribution is -0.141. The molecule has 0 saturated carbocycles. The third-order valence-electron chi connectivity index (χ3n) is 6.62. The second kappa shape index (κ2) is 15.2. The van der Waals surface area contributed by atoms with Gasteiger partial charge in [-0.2, -0.15) is 0 Å². The molecule has 1 atom stereocenters. The Morgan fingerprint density at radius 1 is 0.860 bits per heavy atom. The van der Waals surface area contributed by atoms with Crippen molar-refractivity contribution in [3.05, 3.63) is 72.8 Å². The number of rotatable bonds is 14. The first-order valence-corrected chi connectivity index (χ1v) is 14.6. The fourth-order valence-corrected chi connectivity index (χ4v) is 4.35. The highest BCUT2D eigenvalue weighted by Gasteiger charge is 2.27.